The number of rotatable bonds is 3. The summed E-state index contributed by atoms with van der Waals surface area (Å²) in [4.78, 5) is 51.2. The van der Waals surface area contributed by atoms with Gasteiger partial charge in [-0.3, -0.25) is 24.5 Å². The number of benzene rings is 1. The molecule has 1 aromatic carbocycles. The molecule has 3 aliphatic carbocycles. The van der Waals surface area contributed by atoms with Gasteiger partial charge in [0.2, 0.25) is 11.8 Å². The number of phenols is 1. The van der Waals surface area contributed by atoms with Crippen LogP contribution in [-0.4, -0.2) is 28.5 Å². The Balaban J connectivity index is 1.74. The summed E-state index contributed by atoms with van der Waals surface area (Å²) in [5, 5.41) is 13.5. The van der Waals surface area contributed by atoms with Crippen LogP contribution in [0.5, 0.6) is 5.75 Å². The van der Waals surface area contributed by atoms with Crippen LogP contribution in [0.2, 0.25) is 0 Å². The first kappa shape index (κ1) is 20.8. The Hall–Kier alpha value is -3.06. The van der Waals surface area contributed by atoms with Crippen LogP contribution in [0.1, 0.15) is 29.9 Å². The van der Waals surface area contributed by atoms with Crippen molar-refractivity contribution in [1.29, 1.82) is 0 Å². The third kappa shape index (κ3) is 2.91. The number of phenolic OH excluding ortho intramolecular Hbond substituents is 1. The lowest BCUT2D eigenvalue weighted by molar-refractivity contribution is -0.126. The average molecular weight is 494 g/mol. The Kier molecular flexibility index (Phi) is 4.89. The average Bonchev–Trinajstić information content (AvgIpc) is 3.06. The summed E-state index contributed by atoms with van der Waals surface area (Å²) in [6, 6.07) is 5.34. The second-order valence-corrected chi connectivity index (χ2v) is 9.45. The largest absolute Gasteiger partial charge is 0.507 e. The molecule has 0 bridgehead atoms. The van der Waals surface area contributed by atoms with Crippen LogP contribution in [0.4, 0.5) is 0 Å². The fourth-order valence-corrected chi connectivity index (χ4v) is 6.08. The molecule has 162 valence electrons. The first-order valence-corrected chi connectivity index (χ1v) is 11.3. The van der Waals surface area contributed by atoms with E-state index in [1.807, 2.05) is 6.08 Å². The number of fused-ring (bicyclic) bond motifs is 3. The maximum atomic E-state index is 13.1. The molecule has 0 spiro atoms. The summed E-state index contributed by atoms with van der Waals surface area (Å²) in [5.74, 6) is -3.31. The molecule has 7 heteroatoms. The molecule has 2 N–H and O–H groups in total. The summed E-state index contributed by atoms with van der Waals surface area (Å²) >= 11 is 3.19. The zero-order chi connectivity index (χ0) is 22.7. The Morgan fingerprint density at radius 1 is 1.16 bits per heavy atom. The minimum atomic E-state index is -0.661. The van der Waals surface area contributed by atoms with E-state index in [1.54, 1.807) is 24.3 Å². The van der Waals surface area contributed by atoms with Crippen molar-refractivity contribution in [2.75, 3.05) is 0 Å². The molecule has 1 aliphatic heterocycles. The van der Waals surface area contributed by atoms with Gasteiger partial charge in [-0.05, 0) is 46.7 Å². The number of halogens is 1. The number of allylic oxidation sites excluding steroid dienone is 7. The van der Waals surface area contributed by atoms with Crippen molar-refractivity contribution in [2.24, 2.45) is 17.8 Å². The number of carbonyl (C=O) groups is 4. The van der Waals surface area contributed by atoms with Crippen LogP contribution < -0.4 is 5.32 Å². The molecule has 0 aromatic heterocycles. The van der Waals surface area contributed by atoms with Crippen molar-refractivity contribution in [3.63, 3.8) is 0 Å². The van der Waals surface area contributed by atoms with Crippen LogP contribution in [0.25, 0.3) is 0 Å². The Morgan fingerprint density at radius 2 is 1.94 bits per heavy atom. The number of Topliss-reactive ketones (excluding diaryl/α,β-unsaturated/α-hetero) is 1. The van der Waals surface area contributed by atoms with Crippen LogP contribution >= 0.6 is 15.9 Å². The number of amides is 2. The lowest BCUT2D eigenvalue weighted by atomic mass is 9.59. The van der Waals surface area contributed by atoms with Crippen LogP contribution in [0.15, 0.2) is 64.2 Å². The molecule has 0 saturated carbocycles. The van der Waals surface area contributed by atoms with E-state index in [0.29, 0.717) is 35.1 Å². The van der Waals surface area contributed by atoms with Crippen molar-refractivity contribution < 1.29 is 24.3 Å². The van der Waals surface area contributed by atoms with Gasteiger partial charge in [0.15, 0.2) is 11.6 Å². The maximum absolute atomic E-state index is 13.1. The second kappa shape index (κ2) is 7.52. The quantitative estimate of drug-likeness (QED) is 0.382. The number of hydrogen-bond acceptors (Lipinski definition) is 5. The minimum absolute atomic E-state index is 0.0498. The van der Waals surface area contributed by atoms with Crippen LogP contribution in [0.3, 0.4) is 0 Å². The highest BCUT2D eigenvalue weighted by Gasteiger charge is 2.53. The highest BCUT2D eigenvalue weighted by Crippen LogP contribution is 2.55. The summed E-state index contributed by atoms with van der Waals surface area (Å²) in [6.45, 7) is 3.73. The Morgan fingerprint density at radius 3 is 2.69 bits per heavy atom. The van der Waals surface area contributed by atoms with Crippen molar-refractivity contribution in [1.82, 2.24) is 5.32 Å². The van der Waals surface area contributed by atoms with Crippen molar-refractivity contribution in [2.45, 2.75) is 25.2 Å². The molecule has 1 saturated heterocycles. The molecule has 5 rings (SSSR count). The predicted octanol–water partition coefficient (Wildman–Crippen LogP) is 3.17. The number of nitrogens with one attached hydrogen (secondary N) is 1. The summed E-state index contributed by atoms with van der Waals surface area (Å²) in [7, 11) is 0. The molecule has 0 radical (unpaired) electrons. The molecule has 4 atom stereocenters. The normalized spacial score (nSPS) is 29.0. The molecule has 1 aromatic rings. The highest BCUT2D eigenvalue weighted by atomic mass is 79.9. The monoisotopic (exact) mass is 493 g/mol. The third-order valence-corrected chi connectivity index (χ3v) is 7.59. The fraction of sp³-hybridized carbons (Fsp3) is 0.280. The summed E-state index contributed by atoms with van der Waals surface area (Å²) < 4.78 is 0.177. The fourth-order valence-electron chi connectivity index (χ4n) is 5.64. The van der Waals surface area contributed by atoms with Gasteiger partial charge in [-0.2, -0.15) is 0 Å². The van der Waals surface area contributed by atoms with E-state index < -0.39 is 23.7 Å². The zero-order valence-electron chi connectivity index (χ0n) is 17.1. The summed E-state index contributed by atoms with van der Waals surface area (Å²) in [6.07, 6.45) is 5.91. The van der Waals surface area contributed by atoms with Gasteiger partial charge in [0, 0.05) is 28.7 Å². The molecule has 2 amide bonds. The van der Waals surface area contributed by atoms with Gasteiger partial charge in [0.05, 0.1) is 16.3 Å². The van der Waals surface area contributed by atoms with Gasteiger partial charge in [-0.1, -0.05) is 35.9 Å². The maximum Gasteiger partial charge on any atom is 0.231 e. The second-order valence-electron chi connectivity index (χ2n) is 8.59. The first-order valence-electron chi connectivity index (χ1n) is 10.5. The van der Waals surface area contributed by atoms with E-state index in [4.69, 9.17) is 0 Å². The first-order chi connectivity index (χ1) is 15.3. The van der Waals surface area contributed by atoms with Crippen molar-refractivity contribution in [3.05, 3.63) is 75.3 Å². The van der Waals surface area contributed by atoms with Gasteiger partial charge >= 0.3 is 0 Å². The van der Waals surface area contributed by atoms with Crippen molar-refractivity contribution in [3.8, 4) is 5.75 Å². The number of aromatic hydroxyl groups is 1. The highest BCUT2D eigenvalue weighted by molar-refractivity contribution is 9.12. The molecule has 6 nitrogen and oxygen atoms in total. The van der Waals surface area contributed by atoms with Gasteiger partial charge in [0.1, 0.15) is 5.75 Å². The number of imide groups is 1. The lowest BCUT2D eigenvalue weighted by Crippen LogP contribution is -2.39. The van der Waals surface area contributed by atoms with E-state index in [2.05, 4.69) is 27.8 Å². The van der Waals surface area contributed by atoms with Crippen molar-refractivity contribution >= 4 is 39.3 Å². The molecular weight excluding hydrogens is 474 g/mol. The predicted molar refractivity (Wildman–Crippen MR) is 120 cm³/mol. The Labute approximate surface area is 192 Å². The topological polar surface area (TPSA) is 101 Å². The van der Waals surface area contributed by atoms with Crippen LogP contribution in [0, 0.1) is 17.8 Å². The van der Waals surface area contributed by atoms with Gasteiger partial charge in [-0.25, -0.2) is 0 Å². The van der Waals surface area contributed by atoms with E-state index in [-0.39, 0.29) is 40.0 Å². The number of hydrogen-bond donors (Lipinski definition) is 2. The molecule has 1 heterocycles. The molecule has 4 aliphatic rings. The standard InChI is InChI=1S/C25H20BrNO5/c1-2-4-11-5-3-6-13(22(11)29)19-12-7-8-14-20(25(32)27-24(14)31)15(12)9-16-21(19)18(28)10-17(26)23(16)30/h2-3,5-7,10,14-15,19-20,29H,1,4,8-9H2,(H,27,31,32). The number of ketones is 2. The Bertz CT molecular complexity index is 1220. The van der Waals surface area contributed by atoms with Gasteiger partial charge in [0.25, 0.3) is 0 Å². The van der Waals surface area contributed by atoms with E-state index in [9.17, 15) is 24.3 Å². The molecule has 4 unspecified atom stereocenters. The van der Waals surface area contributed by atoms with Crippen LogP contribution in [-0.2, 0) is 25.6 Å². The summed E-state index contributed by atoms with van der Waals surface area (Å²) in [5.41, 5.74) is 2.68. The third-order valence-electron chi connectivity index (χ3n) is 7.00. The van der Waals surface area contributed by atoms with Gasteiger partial charge < -0.3 is 5.11 Å². The number of para-hydroxylation sites is 1. The van der Waals surface area contributed by atoms with E-state index >= 15 is 0 Å². The minimum Gasteiger partial charge on any atom is -0.507 e. The van der Waals surface area contributed by atoms with Gasteiger partial charge in [-0.15, -0.1) is 6.58 Å². The number of carbonyl (C=O) groups excluding carboxylic acids is 4. The molecule has 32 heavy (non-hydrogen) atoms. The lowest BCUT2D eigenvalue weighted by Gasteiger charge is -2.42. The SMILES string of the molecule is C=CCc1cccc(C2C3=CCC4C(=O)NC(=O)C4C3CC3=C2C(=O)C=C(Br)C3=O)c1O. The van der Waals surface area contributed by atoms with E-state index in [1.165, 1.54) is 6.08 Å². The zero-order valence-corrected chi connectivity index (χ0v) is 18.6. The van der Waals surface area contributed by atoms with E-state index in [0.717, 1.165) is 5.57 Å². The molecule has 1 fully saturated rings. The molecular formula is C25H20BrNO5. The smallest absolute Gasteiger partial charge is 0.231 e.